The Morgan fingerprint density at radius 3 is 2.17 bits per heavy atom. The second-order valence-electron chi connectivity index (χ2n) is 32.4. The normalized spacial score (nSPS) is 25.1. The van der Waals surface area contributed by atoms with Crippen LogP contribution in [-0.2, 0) is 108 Å². The number of ketones is 3. The number of benzene rings is 4. The monoisotopic (exact) mass is 1550 g/mol. The van der Waals surface area contributed by atoms with Gasteiger partial charge in [0.1, 0.15) is 59.4 Å². The van der Waals surface area contributed by atoms with Crippen LogP contribution in [0.4, 0.5) is 4.39 Å². The molecule has 10 atom stereocenters. The molecule has 112 heavy (non-hydrogen) atoms. The van der Waals surface area contributed by atoms with Gasteiger partial charge < -0.3 is 70.2 Å². The fourth-order valence-corrected chi connectivity index (χ4v) is 16.0. The van der Waals surface area contributed by atoms with Crippen molar-refractivity contribution >= 4 is 81.4 Å². The molecule has 0 aliphatic carbocycles. The molecule has 9 amide bonds. The third-order valence-corrected chi connectivity index (χ3v) is 22.6. The minimum Gasteiger partial charge on any atom is -0.497 e. The van der Waals surface area contributed by atoms with E-state index in [4.69, 9.17) is 9.47 Å². The lowest BCUT2D eigenvalue weighted by molar-refractivity contribution is -0.870. The van der Waals surface area contributed by atoms with Crippen LogP contribution >= 0.6 is 0 Å². The molecule has 2 fully saturated rings. The Hall–Kier alpha value is -9.73. The van der Waals surface area contributed by atoms with E-state index in [0.717, 1.165) is 35.0 Å². The quantitative estimate of drug-likeness (QED) is 0.0527. The van der Waals surface area contributed by atoms with Crippen LogP contribution < -0.4 is 36.6 Å². The van der Waals surface area contributed by atoms with E-state index in [2.05, 4.69) is 53.0 Å². The minimum absolute atomic E-state index is 0.0456. The van der Waals surface area contributed by atoms with Crippen LogP contribution in [0.25, 0.3) is 10.9 Å². The van der Waals surface area contributed by atoms with E-state index in [1.807, 2.05) is 35.0 Å². The number of aliphatic hydroxyl groups is 1. The smallest absolute Gasteiger partial charge is 0.246 e. The molecule has 604 valence electrons. The topological polar surface area (TPSA) is 330 Å². The van der Waals surface area contributed by atoms with Gasteiger partial charge >= 0.3 is 0 Å². The van der Waals surface area contributed by atoms with E-state index >= 15 is 33.2 Å². The summed E-state index contributed by atoms with van der Waals surface area (Å²) in [5.41, 5.74) is 3.05. The molecule has 27 heteroatoms. The van der Waals surface area contributed by atoms with Crippen molar-refractivity contribution in [2.75, 3.05) is 67.6 Å². The maximum atomic E-state index is 16.3. The third-order valence-electron chi connectivity index (χ3n) is 22.6. The second-order valence-corrected chi connectivity index (χ2v) is 32.4. The number of aromatic nitrogens is 1. The highest BCUT2D eigenvalue weighted by Crippen LogP contribution is 2.34. The molecule has 26 nitrogen and oxygen atoms in total. The number of halogens is 1. The van der Waals surface area contributed by atoms with E-state index in [1.165, 1.54) is 42.9 Å². The SMILES string of the molecule is COc1ccc(C[C@@H]2NC(=O)[C@H]([C@@H](C)O)NC(=O)[C@@H]3[C@@H]4CCN3C(=O)[C@H]3CC(=O)[C@H](Cc5cccc(c5)CNC(=O)CO4)NC(=O)[C@@H](CCC(=O)CCCCC[N+](C)(C)C)NC(=O)[C@H](C)CC(=O)CCC(=O)N(CCCCCCn4cc(c5cc(F)ccc54)C3)Cc3ccc(cc3)CCNC(=O)[C@]3(C)CCCN3C2=O)cc1. The first kappa shape index (κ1) is 84.7. The summed E-state index contributed by atoms with van der Waals surface area (Å²) < 4.78 is 30.3. The number of hydrogen-bond acceptors (Lipinski definition) is 15. The van der Waals surface area contributed by atoms with Crippen molar-refractivity contribution in [3.05, 3.63) is 136 Å². The van der Waals surface area contributed by atoms with Gasteiger partial charge in [-0.3, -0.25) is 57.5 Å². The Kier molecular flexibility index (Phi) is 29.6. The molecule has 0 saturated carbocycles. The predicted octanol–water partition coefficient (Wildman–Crippen LogP) is 5.98. The number of methoxy groups -OCH3 is 1. The lowest BCUT2D eigenvalue weighted by Gasteiger charge is -2.37. The molecule has 12 bridgehead atoms. The number of nitrogens with zero attached hydrogens (tertiary/aromatic N) is 5. The summed E-state index contributed by atoms with van der Waals surface area (Å²) in [7, 11) is 7.76. The average molecular weight is 1550 g/mol. The number of hydrogen-bond donors (Lipinski definition) is 7. The molecule has 1 aromatic heterocycles. The van der Waals surface area contributed by atoms with Gasteiger partial charge in [0.05, 0.1) is 53.0 Å². The van der Waals surface area contributed by atoms with Crippen LogP contribution in [0.15, 0.2) is 97.2 Å². The summed E-state index contributed by atoms with van der Waals surface area (Å²) in [4.78, 5) is 183. The highest BCUT2D eigenvalue weighted by molar-refractivity contribution is 6.00. The van der Waals surface area contributed by atoms with Crippen molar-refractivity contribution in [3.63, 3.8) is 0 Å². The maximum absolute atomic E-state index is 16.3. The Bertz CT molecular complexity index is 4220. The number of nitrogens with one attached hydrogen (secondary N) is 6. The number of carbonyl (C=O) groups is 12. The molecule has 2 saturated heterocycles. The Labute approximate surface area is 655 Å². The van der Waals surface area contributed by atoms with Crippen LogP contribution in [0.3, 0.4) is 0 Å². The van der Waals surface area contributed by atoms with Gasteiger partial charge in [0, 0.05) is 120 Å². The lowest BCUT2D eigenvalue weighted by atomic mass is 9.88. The molecule has 6 aliphatic rings. The molecule has 0 spiro atoms. The van der Waals surface area contributed by atoms with Gasteiger partial charge in [0.2, 0.25) is 53.2 Å². The molecule has 4 aromatic carbocycles. The molecule has 7 N–H and O–H groups in total. The number of aliphatic hydroxyl groups excluding tert-OH is 1. The summed E-state index contributed by atoms with van der Waals surface area (Å²) in [6.07, 6.45) is 2.86. The zero-order chi connectivity index (χ0) is 80.4. The van der Waals surface area contributed by atoms with E-state index < -0.39 is 132 Å². The highest BCUT2D eigenvalue weighted by atomic mass is 19.1. The fraction of sp³-hybridized carbons (Fsp3) is 0.553. The maximum Gasteiger partial charge on any atom is 0.246 e. The first-order valence-corrected chi connectivity index (χ1v) is 39.9. The predicted molar refractivity (Wildman–Crippen MR) is 417 cm³/mol. The van der Waals surface area contributed by atoms with Crippen LogP contribution in [0.1, 0.15) is 163 Å². The Morgan fingerprint density at radius 2 is 1.43 bits per heavy atom. The largest absolute Gasteiger partial charge is 0.497 e. The van der Waals surface area contributed by atoms with Gasteiger partial charge in [0.15, 0.2) is 5.78 Å². The number of ether oxygens (including phenoxy) is 2. The molecule has 0 unspecified atom stereocenters. The molecular formula is C85H113FN11O15+. The number of carbonyl (C=O) groups excluding carboxylic acids is 12. The summed E-state index contributed by atoms with van der Waals surface area (Å²) in [5, 5.41) is 29.3. The Morgan fingerprint density at radius 1 is 0.696 bits per heavy atom. The van der Waals surface area contributed by atoms with Gasteiger partial charge in [-0.15, -0.1) is 0 Å². The van der Waals surface area contributed by atoms with E-state index in [9.17, 15) is 33.9 Å². The molecule has 0 radical (unpaired) electrons. The number of fused-ring (bicyclic) bond motifs is 16. The lowest BCUT2D eigenvalue weighted by Crippen LogP contribution is -2.63. The van der Waals surface area contributed by atoms with Crippen molar-refractivity contribution < 1.29 is 81.0 Å². The average Bonchev–Trinajstić information content (AvgIpc) is 1.64. The van der Waals surface area contributed by atoms with Gasteiger partial charge in [-0.05, 0) is 155 Å². The number of Topliss-reactive ketones (excluding diaryl/α,β-unsaturated/α-hetero) is 3. The molecule has 7 heterocycles. The van der Waals surface area contributed by atoms with Gasteiger partial charge in [0.25, 0.3) is 0 Å². The van der Waals surface area contributed by atoms with Crippen molar-refractivity contribution in [2.24, 2.45) is 11.8 Å². The van der Waals surface area contributed by atoms with Crippen molar-refractivity contribution in [1.82, 2.24) is 51.2 Å². The van der Waals surface area contributed by atoms with Crippen molar-refractivity contribution in [1.29, 1.82) is 0 Å². The first-order chi connectivity index (χ1) is 53.5. The van der Waals surface area contributed by atoms with E-state index in [-0.39, 0.29) is 121 Å². The van der Waals surface area contributed by atoms with Crippen LogP contribution in [0.2, 0.25) is 0 Å². The number of rotatable bonds is 13. The van der Waals surface area contributed by atoms with E-state index in [1.54, 1.807) is 66.4 Å². The van der Waals surface area contributed by atoms with Gasteiger partial charge in [-0.1, -0.05) is 80.4 Å². The van der Waals surface area contributed by atoms with Gasteiger partial charge in [-0.25, -0.2) is 4.39 Å². The highest BCUT2D eigenvalue weighted by Gasteiger charge is 2.50. The number of unbranched alkanes of at least 4 members (excludes halogenated alkanes) is 2. The number of quaternary nitrogens is 1. The summed E-state index contributed by atoms with van der Waals surface area (Å²) in [5.74, 6) is -9.97. The molecule has 6 aliphatic heterocycles. The van der Waals surface area contributed by atoms with Crippen molar-refractivity contribution in [2.45, 2.75) is 223 Å². The van der Waals surface area contributed by atoms with Crippen LogP contribution in [0.5, 0.6) is 5.75 Å². The third kappa shape index (κ3) is 23.0. The second kappa shape index (κ2) is 39.1. The summed E-state index contributed by atoms with van der Waals surface area (Å²) in [6.45, 7) is 5.80. The fourth-order valence-electron chi connectivity index (χ4n) is 16.0. The molecular weight excluding hydrogens is 1430 g/mol. The van der Waals surface area contributed by atoms with Crippen LogP contribution in [0, 0.1) is 17.7 Å². The summed E-state index contributed by atoms with van der Waals surface area (Å²) in [6, 6.07) is 17.9. The zero-order valence-corrected chi connectivity index (χ0v) is 65.9. The molecule has 11 rings (SSSR count). The summed E-state index contributed by atoms with van der Waals surface area (Å²) >= 11 is 0. The van der Waals surface area contributed by atoms with Crippen molar-refractivity contribution in [3.8, 4) is 5.75 Å². The Balaban J connectivity index is 1.08. The van der Waals surface area contributed by atoms with E-state index in [0.29, 0.717) is 96.9 Å². The van der Waals surface area contributed by atoms with Crippen LogP contribution in [-0.4, -0.2) is 215 Å². The minimum atomic E-state index is -1.83. The number of amides is 9. The standard InChI is InChI=1S/C85H112FN11O15/c1-54-43-65(100)28-33-75(103)94-39-13-9-8-12-38-93-52-62(67-49-63(86)26-32-71(67)93)47-61-48-72(101)69(90-79(105)68(89-78(54)104)31-27-64(99)19-11-10-14-42-97(4,5)6)46-59-17-15-18-60(44-59)50-88-74(102)53-112-73-35-41-95(82(61)108)77(73)81(107)92-76(55(2)98)80(106)91-70(45-57-24-29-66(111-7)30-25-57)83(109)96-40-16-36-85(96,3)84(110)87-37-34-56-20-22-58(51-94)23-21-56/h15,17-18,20-26,29-30,32,44,49,52,54-55,61,68-70,73,76-77,98H,8-14,16,19,27-28,31,33-43,45-48,50-51,53H2,1-7H3,(H5-,87,88,89,90,91,92,102,104,105,106,107,110)/p+1/t54-,55-,61-,68-,69+,70+,73+,76+,77+,85+/m1/s1. The molecule has 5 aromatic rings. The van der Waals surface area contributed by atoms with Gasteiger partial charge in [-0.2, -0.15) is 0 Å². The first-order valence-electron chi connectivity index (χ1n) is 39.9. The number of aryl methyl sites for hydroxylation is 1. The zero-order valence-electron chi connectivity index (χ0n) is 65.9.